The van der Waals surface area contributed by atoms with Gasteiger partial charge in [0.2, 0.25) is 0 Å². The van der Waals surface area contributed by atoms with E-state index in [4.69, 9.17) is 5.73 Å². The van der Waals surface area contributed by atoms with Crippen molar-refractivity contribution in [2.45, 2.75) is 6.42 Å². The number of aromatic nitrogens is 2. The van der Waals surface area contributed by atoms with Crippen LogP contribution < -0.4 is 5.73 Å². The summed E-state index contributed by atoms with van der Waals surface area (Å²) < 4.78 is 0. The molecule has 0 radical (unpaired) electrons. The molecule has 3 aromatic rings. The first-order chi connectivity index (χ1) is 8.83. The van der Waals surface area contributed by atoms with Crippen molar-refractivity contribution in [1.82, 2.24) is 9.97 Å². The smallest absolute Gasteiger partial charge is 0.133 e. The first-order valence-corrected chi connectivity index (χ1v) is 5.86. The molecular weight excluding hydrogens is 222 g/mol. The number of anilines is 1. The van der Waals surface area contributed by atoms with Gasteiger partial charge in [-0.15, -0.1) is 0 Å². The molecule has 0 aliphatic carbocycles. The summed E-state index contributed by atoms with van der Waals surface area (Å²) >= 11 is 0. The Morgan fingerprint density at radius 1 is 1.06 bits per heavy atom. The van der Waals surface area contributed by atoms with Crippen LogP contribution >= 0.6 is 0 Å². The zero-order valence-electron chi connectivity index (χ0n) is 9.88. The number of hydrogen-bond acceptors (Lipinski definition) is 3. The minimum Gasteiger partial charge on any atom is -0.383 e. The third-order valence-corrected chi connectivity index (χ3v) is 2.94. The van der Waals surface area contributed by atoms with Crippen molar-refractivity contribution in [1.29, 1.82) is 0 Å². The van der Waals surface area contributed by atoms with Gasteiger partial charge in [-0.25, -0.2) is 4.98 Å². The average molecular weight is 235 g/mol. The fraction of sp³-hybridized carbons (Fsp3) is 0.0667. The number of rotatable bonds is 2. The summed E-state index contributed by atoms with van der Waals surface area (Å²) in [6.45, 7) is 0. The Bertz CT molecular complexity index is 678. The maximum absolute atomic E-state index is 5.96. The standard InChI is InChI=1S/C15H13N3/c16-15-14-10-17-7-6-12(14)9-13(18-15)8-11-4-2-1-3-5-11/h1-7,9-10H,8H2,(H2,16,18). The summed E-state index contributed by atoms with van der Waals surface area (Å²) in [5, 5.41) is 2.00. The quantitative estimate of drug-likeness (QED) is 0.743. The highest BCUT2D eigenvalue weighted by Gasteiger charge is 2.04. The summed E-state index contributed by atoms with van der Waals surface area (Å²) in [5.41, 5.74) is 8.18. The van der Waals surface area contributed by atoms with Gasteiger partial charge in [0.25, 0.3) is 0 Å². The zero-order chi connectivity index (χ0) is 12.4. The minimum atomic E-state index is 0.548. The van der Waals surface area contributed by atoms with E-state index in [-0.39, 0.29) is 0 Å². The number of hydrogen-bond donors (Lipinski definition) is 1. The summed E-state index contributed by atoms with van der Waals surface area (Å²) in [4.78, 5) is 8.50. The molecule has 0 unspecified atom stereocenters. The Kier molecular flexibility index (Phi) is 2.65. The number of nitrogens with zero attached hydrogens (tertiary/aromatic N) is 2. The third-order valence-electron chi connectivity index (χ3n) is 2.94. The van der Waals surface area contributed by atoms with Gasteiger partial charge < -0.3 is 5.73 Å². The van der Waals surface area contributed by atoms with E-state index in [9.17, 15) is 0 Å². The highest BCUT2D eigenvalue weighted by atomic mass is 14.8. The van der Waals surface area contributed by atoms with Crippen molar-refractivity contribution < 1.29 is 0 Å². The second kappa shape index (κ2) is 4.45. The summed E-state index contributed by atoms with van der Waals surface area (Å²) in [7, 11) is 0. The number of benzene rings is 1. The predicted molar refractivity (Wildman–Crippen MR) is 73.2 cm³/mol. The van der Waals surface area contributed by atoms with Gasteiger partial charge in [0, 0.05) is 29.9 Å². The number of fused-ring (bicyclic) bond motifs is 1. The van der Waals surface area contributed by atoms with Crippen molar-refractivity contribution in [3.63, 3.8) is 0 Å². The zero-order valence-corrected chi connectivity index (χ0v) is 9.88. The Balaban J connectivity index is 2.03. The number of nitrogens with two attached hydrogens (primary N) is 1. The van der Waals surface area contributed by atoms with Crippen molar-refractivity contribution in [2.24, 2.45) is 0 Å². The molecule has 2 N–H and O–H groups in total. The van der Waals surface area contributed by atoms with E-state index in [0.29, 0.717) is 5.82 Å². The van der Waals surface area contributed by atoms with E-state index < -0.39 is 0 Å². The van der Waals surface area contributed by atoms with Crippen molar-refractivity contribution in [3.05, 3.63) is 66.1 Å². The lowest BCUT2D eigenvalue weighted by Gasteiger charge is -2.06. The molecule has 0 fully saturated rings. The molecule has 0 amide bonds. The molecule has 2 heterocycles. The van der Waals surface area contributed by atoms with Gasteiger partial charge >= 0.3 is 0 Å². The van der Waals surface area contributed by atoms with Gasteiger partial charge in [-0.05, 0) is 23.1 Å². The molecule has 3 nitrogen and oxygen atoms in total. The summed E-state index contributed by atoms with van der Waals surface area (Å²) in [6, 6.07) is 14.3. The van der Waals surface area contributed by atoms with E-state index >= 15 is 0 Å². The van der Waals surface area contributed by atoms with Gasteiger partial charge in [0.15, 0.2) is 0 Å². The third kappa shape index (κ3) is 2.02. The van der Waals surface area contributed by atoms with Crippen LogP contribution in [0.2, 0.25) is 0 Å². The molecule has 3 rings (SSSR count). The molecule has 18 heavy (non-hydrogen) atoms. The van der Waals surface area contributed by atoms with Crippen LogP contribution in [0.15, 0.2) is 54.9 Å². The highest BCUT2D eigenvalue weighted by Crippen LogP contribution is 2.20. The van der Waals surface area contributed by atoms with E-state index in [1.165, 1.54) is 5.56 Å². The van der Waals surface area contributed by atoms with Crippen LogP contribution in [0.25, 0.3) is 10.8 Å². The van der Waals surface area contributed by atoms with Crippen LogP contribution in [0, 0.1) is 0 Å². The molecule has 0 aliphatic heterocycles. The molecule has 0 spiro atoms. The van der Waals surface area contributed by atoms with Gasteiger partial charge in [-0.3, -0.25) is 4.98 Å². The van der Waals surface area contributed by atoms with E-state index in [1.807, 2.05) is 24.3 Å². The normalized spacial score (nSPS) is 10.7. The minimum absolute atomic E-state index is 0.548. The molecule has 88 valence electrons. The monoisotopic (exact) mass is 235 g/mol. The van der Waals surface area contributed by atoms with Crippen LogP contribution in [0.4, 0.5) is 5.82 Å². The Hall–Kier alpha value is -2.42. The van der Waals surface area contributed by atoms with E-state index in [1.54, 1.807) is 12.4 Å². The maximum Gasteiger partial charge on any atom is 0.133 e. The van der Waals surface area contributed by atoms with Crippen molar-refractivity contribution in [3.8, 4) is 0 Å². The first-order valence-electron chi connectivity index (χ1n) is 5.86. The molecule has 0 aliphatic rings. The van der Waals surface area contributed by atoms with Gasteiger partial charge in [-0.2, -0.15) is 0 Å². The molecule has 0 bridgehead atoms. The Labute approximate surface area is 105 Å². The molecule has 0 atom stereocenters. The predicted octanol–water partition coefficient (Wildman–Crippen LogP) is 2.80. The van der Waals surface area contributed by atoms with Crippen LogP contribution in [0.5, 0.6) is 0 Å². The largest absolute Gasteiger partial charge is 0.383 e. The van der Waals surface area contributed by atoms with Crippen molar-refractivity contribution in [2.75, 3.05) is 5.73 Å². The van der Waals surface area contributed by atoms with Crippen LogP contribution in [-0.2, 0) is 6.42 Å². The first kappa shape index (κ1) is 10.7. The summed E-state index contributed by atoms with van der Waals surface area (Å²) in [5.74, 6) is 0.548. The lowest BCUT2D eigenvalue weighted by atomic mass is 10.1. The second-order valence-electron chi connectivity index (χ2n) is 4.26. The number of nitrogen functional groups attached to an aromatic ring is 1. The lowest BCUT2D eigenvalue weighted by Crippen LogP contribution is -1.98. The molecular formula is C15H13N3. The SMILES string of the molecule is Nc1nc(Cc2ccccc2)cc2ccncc12. The van der Waals surface area contributed by atoms with E-state index in [0.717, 1.165) is 22.9 Å². The van der Waals surface area contributed by atoms with Gasteiger partial charge in [-0.1, -0.05) is 30.3 Å². The van der Waals surface area contributed by atoms with Crippen molar-refractivity contribution >= 4 is 16.6 Å². The fourth-order valence-electron chi connectivity index (χ4n) is 2.07. The maximum atomic E-state index is 5.96. The summed E-state index contributed by atoms with van der Waals surface area (Å²) in [6.07, 6.45) is 4.32. The Morgan fingerprint density at radius 2 is 1.89 bits per heavy atom. The molecule has 1 aromatic carbocycles. The molecule has 0 saturated carbocycles. The second-order valence-corrected chi connectivity index (χ2v) is 4.26. The molecule has 3 heteroatoms. The molecule has 0 saturated heterocycles. The van der Waals surface area contributed by atoms with Crippen LogP contribution in [0.3, 0.4) is 0 Å². The highest BCUT2D eigenvalue weighted by molar-refractivity contribution is 5.90. The molecule has 2 aromatic heterocycles. The Morgan fingerprint density at radius 3 is 2.72 bits per heavy atom. The lowest BCUT2D eigenvalue weighted by molar-refractivity contribution is 1.09. The average Bonchev–Trinajstić information content (AvgIpc) is 2.40. The van der Waals surface area contributed by atoms with Gasteiger partial charge in [0.1, 0.15) is 5.82 Å². The van der Waals surface area contributed by atoms with E-state index in [2.05, 4.69) is 28.2 Å². The fourth-order valence-corrected chi connectivity index (χ4v) is 2.07. The topological polar surface area (TPSA) is 51.8 Å². The van der Waals surface area contributed by atoms with Gasteiger partial charge in [0.05, 0.1) is 0 Å². The van der Waals surface area contributed by atoms with Crippen LogP contribution in [0.1, 0.15) is 11.3 Å². The van der Waals surface area contributed by atoms with Crippen LogP contribution in [-0.4, -0.2) is 9.97 Å². The number of pyridine rings is 2.